The first-order valence-corrected chi connectivity index (χ1v) is 8.27. The third kappa shape index (κ3) is 2.90. The number of hydrogen-bond donors (Lipinski definition) is 1. The van der Waals surface area contributed by atoms with E-state index < -0.39 is 0 Å². The van der Waals surface area contributed by atoms with Crippen LogP contribution in [0.4, 0.5) is 0 Å². The van der Waals surface area contributed by atoms with Crippen LogP contribution in [0.25, 0.3) is 11.4 Å². The summed E-state index contributed by atoms with van der Waals surface area (Å²) in [5.74, 6) is 1.03. The number of rotatable bonds is 4. The second-order valence-corrected chi connectivity index (χ2v) is 6.12. The molecule has 0 saturated heterocycles. The summed E-state index contributed by atoms with van der Waals surface area (Å²) in [5.41, 5.74) is 3.58. The molecule has 3 aromatic rings. The van der Waals surface area contributed by atoms with Crippen molar-refractivity contribution in [2.24, 2.45) is 7.05 Å². The van der Waals surface area contributed by atoms with Gasteiger partial charge in [0, 0.05) is 19.0 Å². The minimum Gasteiger partial charge on any atom is -0.344 e. The van der Waals surface area contributed by atoms with E-state index in [1.165, 1.54) is 10.2 Å². The summed E-state index contributed by atoms with van der Waals surface area (Å²) in [6.07, 6.45) is 4.08. The summed E-state index contributed by atoms with van der Waals surface area (Å²) >= 11 is 0. The highest BCUT2D eigenvalue weighted by atomic mass is 16.5. The molecule has 0 fully saturated rings. The van der Waals surface area contributed by atoms with E-state index >= 15 is 0 Å². The molecule has 4 rings (SSSR count). The van der Waals surface area contributed by atoms with Crippen molar-refractivity contribution < 1.29 is 9.32 Å². The van der Waals surface area contributed by atoms with E-state index in [1.807, 2.05) is 19.1 Å². The molecular formula is C17H18N6O2. The number of nitrogens with zero attached hydrogens (tertiary/aromatic N) is 5. The molecule has 1 aliphatic carbocycles. The van der Waals surface area contributed by atoms with Gasteiger partial charge >= 0.3 is 0 Å². The molecule has 1 atom stereocenters. The fraction of sp³-hybridized carbons (Fsp3) is 0.353. The van der Waals surface area contributed by atoms with Gasteiger partial charge in [-0.05, 0) is 30.0 Å². The number of fused-ring (bicyclic) bond motifs is 1. The number of amides is 1. The average Bonchev–Trinajstić information content (AvgIpc) is 3.34. The molecule has 25 heavy (non-hydrogen) atoms. The van der Waals surface area contributed by atoms with E-state index in [0.29, 0.717) is 23.8 Å². The number of hydrogen-bond acceptors (Lipinski definition) is 6. The Balaban J connectivity index is 1.54. The summed E-state index contributed by atoms with van der Waals surface area (Å²) in [6, 6.07) is 6.06. The van der Waals surface area contributed by atoms with Crippen molar-refractivity contribution in [1.82, 2.24) is 30.5 Å². The van der Waals surface area contributed by atoms with Crippen molar-refractivity contribution in [3.63, 3.8) is 0 Å². The van der Waals surface area contributed by atoms with Crippen LogP contribution in [0.5, 0.6) is 0 Å². The molecule has 0 bridgehead atoms. The second-order valence-electron chi connectivity index (χ2n) is 6.12. The summed E-state index contributed by atoms with van der Waals surface area (Å²) in [5, 5.41) is 14.7. The summed E-state index contributed by atoms with van der Waals surface area (Å²) < 4.78 is 6.69. The smallest absolute Gasteiger partial charge is 0.273 e. The normalized spacial score (nSPS) is 16.0. The average molecular weight is 338 g/mol. The molecule has 1 unspecified atom stereocenters. The maximum atomic E-state index is 12.3. The SMILES string of the molecule is CCc1nc(-c2ccc3c(c2)CCC3NC(=O)c2cn(C)nn2)no1. The van der Waals surface area contributed by atoms with Crippen LogP contribution < -0.4 is 5.32 Å². The number of carbonyl (C=O) groups is 1. The van der Waals surface area contributed by atoms with Gasteiger partial charge in [-0.25, -0.2) is 0 Å². The van der Waals surface area contributed by atoms with E-state index in [2.05, 4.69) is 31.8 Å². The third-order valence-electron chi connectivity index (χ3n) is 4.39. The first kappa shape index (κ1) is 15.5. The first-order chi connectivity index (χ1) is 12.1. The molecule has 1 amide bonds. The van der Waals surface area contributed by atoms with Crippen LogP contribution in [0.2, 0.25) is 0 Å². The lowest BCUT2D eigenvalue weighted by atomic mass is 10.0. The highest BCUT2D eigenvalue weighted by Crippen LogP contribution is 2.33. The summed E-state index contributed by atoms with van der Waals surface area (Å²) in [7, 11) is 1.73. The molecule has 0 saturated carbocycles. The zero-order chi connectivity index (χ0) is 17.4. The molecule has 1 aromatic carbocycles. The molecule has 0 spiro atoms. The molecular weight excluding hydrogens is 320 g/mol. The van der Waals surface area contributed by atoms with Crippen molar-refractivity contribution in [2.45, 2.75) is 32.2 Å². The predicted octanol–water partition coefficient (Wildman–Crippen LogP) is 1.84. The molecule has 128 valence electrons. The molecule has 2 heterocycles. The zero-order valence-electron chi connectivity index (χ0n) is 14.1. The van der Waals surface area contributed by atoms with E-state index in [-0.39, 0.29) is 11.9 Å². The Kier molecular flexibility index (Phi) is 3.79. The van der Waals surface area contributed by atoms with Gasteiger partial charge in [-0.1, -0.05) is 29.4 Å². The van der Waals surface area contributed by atoms with Gasteiger partial charge in [-0.2, -0.15) is 4.98 Å². The Morgan fingerprint density at radius 3 is 3.04 bits per heavy atom. The number of aryl methyl sites for hydroxylation is 3. The van der Waals surface area contributed by atoms with Gasteiger partial charge in [0.2, 0.25) is 11.7 Å². The van der Waals surface area contributed by atoms with Crippen molar-refractivity contribution in [1.29, 1.82) is 0 Å². The molecule has 8 nitrogen and oxygen atoms in total. The first-order valence-electron chi connectivity index (χ1n) is 8.27. The largest absolute Gasteiger partial charge is 0.344 e. The van der Waals surface area contributed by atoms with Gasteiger partial charge in [0.15, 0.2) is 5.69 Å². The molecule has 1 N–H and O–H groups in total. The van der Waals surface area contributed by atoms with Crippen molar-refractivity contribution >= 4 is 5.91 Å². The maximum Gasteiger partial charge on any atom is 0.273 e. The Morgan fingerprint density at radius 1 is 1.44 bits per heavy atom. The van der Waals surface area contributed by atoms with Gasteiger partial charge in [-0.15, -0.1) is 5.10 Å². The minimum atomic E-state index is -0.208. The fourth-order valence-corrected chi connectivity index (χ4v) is 3.11. The number of benzene rings is 1. The van der Waals surface area contributed by atoms with Gasteiger partial charge in [0.25, 0.3) is 5.91 Å². The molecule has 0 aliphatic heterocycles. The lowest BCUT2D eigenvalue weighted by Crippen LogP contribution is -2.27. The highest BCUT2D eigenvalue weighted by molar-refractivity contribution is 5.92. The standard InChI is InChI=1S/C17H18N6O2/c1-3-15-19-16(21-25-15)11-4-6-12-10(8-11)5-7-13(12)18-17(24)14-9-23(2)22-20-14/h4,6,8-9,13H,3,5,7H2,1-2H3,(H,18,24). The predicted molar refractivity (Wildman–Crippen MR) is 88.6 cm³/mol. The third-order valence-corrected chi connectivity index (χ3v) is 4.39. The van der Waals surface area contributed by atoms with E-state index in [9.17, 15) is 4.79 Å². The van der Waals surface area contributed by atoms with Crippen molar-refractivity contribution in [3.8, 4) is 11.4 Å². The van der Waals surface area contributed by atoms with Gasteiger partial charge in [0.05, 0.1) is 12.2 Å². The van der Waals surface area contributed by atoms with Crippen LogP contribution in [0.1, 0.15) is 46.9 Å². The zero-order valence-corrected chi connectivity index (χ0v) is 14.1. The monoisotopic (exact) mass is 338 g/mol. The van der Waals surface area contributed by atoms with Crippen LogP contribution >= 0.6 is 0 Å². The lowest BCUT2D eigenvalue weighted by molar-refractivity contribution is 0.0931. The molecule has 1 aliphatic rings. The van der Waals surface area contributed by atoms with E-state index in [4.69, 9.17) is 4.52 Å². The van der Waals surface area contributed by atoms with Crippen molar-refractivity contribution in [2.75, 3.05) is 0 Å². The van der Waals surface area contributed by atoms with E-state index in [1.54, 1.807) is 13.2 Å². The van der Waals surface area contributed by atoms with E-state index in [0.717, 1.165) is 24.0 Å². The number of carbonyl (C=O) groups excluding carboxylic acids is 1. The van der Waals surface area contributed by atoms with Gasteiger partial charge < -0.3 is 9.84 Å². The van der Waals surface area contributed by atoms with Crippen LogP contribution in [-0.4, -0.2) is 31.0 Å². The Bertz CT molecular complexity index is 929. The van der Waals surface area contributed by atoms with Crippen molar-refractivity contribution in [3.05, 3.63) is 47.1 Å². The van der Waals surface area contributed by atoms with Gasteiger partial charge in [-0.3, -0.25) is 9.48 Å². The number of aromatic nitrogens is 5. The summed E-state index contributed by atoms with van der Waals surface area (Å²) in [4.78, 5) is 16.7. The molecule has 2 aromatic heterocycles. The second kappa shape index (κ2) is 6.12. The maximum absolute atomic E-state index is 12.3. The topological polar surface area (TPSA) is 98.7 Å². The lowest BCUT2D eigenvalue weighted by Gasteiger charge is -2.13. The van der Waals surface area contributed by atoms with Crippen LogP contribution in [0, 0.1) is 0 Å². The van der Waals surface area contributed by atoms with Gasteiger partial charge in [0.1, 0.15) is 0 Å². The number of nitrogens with one attached hydrogen (secondary N) is 1. The Hall–Kier alpha value is -3.03. The minimum absolute atomic E-state index is 0.0185. The quantitative estimate of drug-likeness (QED) is 0.779. The van der Waals surface area contributed by atoms with Crippen LogP contribution in [-0.2, 0) is 19.9 Å². The van der Waals surface area contributed by atoms with Crippen LogP contribution in [0.3, 0.4) is 0 Å². The van der Waals surface area contributed by atoms with Crippen LogP contribution in [0.15, 0.2) is 28.9 Å². The summed E-state index contributed by atoms with van der Waals surface area (Å²) in [6.45, 7) is 1.98. The highest BCUT2D eigenvalue weighted by Gasteiger charge is 2.26. The Morgan fingerprint density at radius 2 is 2.32 bits per heavy atom. The fourth-order valence-electron chi connectivity index (χ4n) is 3.11. The Labute approximate surface area is 144 Å². The molecule has 0 radical (unpaired) electrons. The molecule has 8 heteroatoms.